The van der Waals surface area contributed by atoms with Crippen molar-refractivity contribution in [3.8, 4) is 0 Å². The quantitative estimate of drug-likeness (QED) is 0.886. The van der Waals surface area contributed by atoms with Gasteiger partial charge in [0.1, 0.15) is 0 Å². The SMILES string of the molecule is CC1Cc2ccccc2N1C(=O)c1cccc(CC(N)=S)c1. The second kappa shape index (κ2) is 5.89. The lowest BCUT2D eigenvalue weighted by molar-refractivity contribution is 0.0981. The molecular formula is C18H18N2OS. The van der Waals surface area contributed by atoms with Crippen LogP contribution in [-0.2, 0) is 12.8 Å². The molecule has 0 saturated heterocycles. The summed E-state index contributed by atoms with van der Waals surface area (Å²) in [5.74, 6) is 0.0299. The van der Waals surface area contributed by atoms with Gasteiger partial charge in [-0.1, -0.05) is 42.5 Å². The Labute approximate surface area is 135 Å². The van der Waals surface area contributed by atoms with Crippen LogP contribution < -0.4 is 10.6 Å². The number of carbonyl (C=O) groups is 1. The molecule has 1 heterocycles. The van der Waals surface area contributed by atoms with Crippen molar-refractivity contribution in [3.05, 3.63) is 65.2 Å². The van der Waals surface area contributed by atoms with Crippen molar-refractivity contribution >= 4 is 28.8 Å². The van der Waals surface area contributed by atoms with Gasteiger partial charge >= 0.3 is 0 Å². The van der Waals surface area contributed by atoms with Crippen LogP contribution in [0.25, 0.3) is 0 Å². The monoisotopic (exact) mass is 310 g/mol. The Morgan fingerprint density at radius 3 is 2.82 bits per heavy atom. The molecule has 0 fully saturated rings. The molecule has 0 bridgehead atoms. The molecule has 3 nitrogen and oxygen atoms in total. The second-order valence-corrected chi connectivity index (χ2v) is 6.22. The molecule has 0 radical (unpaired) electrons. The summed E-state index contributed by atoms with van der Waals surface area (Å²) in [6.45, 7) is 2.08. The van der Waals surface area contributed by atoms with E-state index >= 15 is 0 Å². The zero-order chi connectivity index (χ0) is 15.7. The van der Waals surface area contributed by atoms with Crippen molar-refractivity contribution in [2.45, 2.75) is 25.8 Å². The highest BCUT2D eigenvalue weighted by atomic mass is 32.1. The van der Waals surface area contributed by atoms with Crippen LogP contribution in [-0.4, -0.2) is 16.9 Å². The predicted molar refractivity (Wildman–Crippen MR) is 93.3 cm³/mol. The van der Waals surface area contributed by atoms with Crippen molar-refractivity contribution in [1.82, 2.24) is 0 Å². The van der Waals surface area contributed by atoms with Gasteiger partial charge in [-0.3, -0.25) is 4.79 Å². The van der Waals surface area contributed by atoms with E-state index in [-0.39, 0.29) is 11.9 Å². The minimum absolute atomic E-state index is 0.0299. The summed E-state index contributed by atoms with van der Waals surface area (Å²) in [7, 11) is 0. The fourth-order valence-corrected chi connectivity index (χ4v) is 3.20. The maximum atomic E-state index is 12.9. The Morgan fingerprint density at radius 2 is 2.05 bits per heavy atom. The summed E-state index contributed by atoms with van der Waals surface area (Å²) in [6.07, 6.45) is 1.41. The van der Waals surface area contributed by atoms with Crippen LogP contribution in [0.3, 0.4) is 0 Å². The van der Waals surface area contributed by atoms with E-state index in [0.717, 1.165) is 17.7 Å². The van der Waals surface area contributed by atoms with Crippen LogP contribution in [0, 0.1) is 0 Å². The smallest absolute Gasteiger partial charge is 0.258 e. The molecule has 22 heavy (non-hydrogen) atoms. The van der Waals surface area contributed by atoms with E-state index in [4.69, 9.17) is 18.0 Å². The summed E-state index contributed by atoms with van der Waals surface area (Å²) in [4.78, 5) is 15.2. The Hall–Kier alpha value is -2.20. The lowest BCUT2D eigenvalue weighted by Gasteiger charge is -2.23. The van der Waals surface area contributed by atoms with Gasteiger partial charge < -0.3 is 10.6 Å². The average Bonchev–Trinajstić information content (AvgIpc) is 2.82. The van der Waals surface area contributed by atoms with E-state index in [1.807, 2.05) is 47.4 Å². The summed E-state index contributed by atoms with van der Waals surface area (Å²) < 4.78 is 0. The first-order valence-corrected chi connectivity index (χ1v) is 7.76. The highest BCUT2D eigenvalue weighted by Crippen LogP contribution is 2.33. The van der Waals surface area contributed by atoms with E-state index < -0.39 is 0 Å². The van der Waals surface area contributed by atoms with Crippen LogP contribution in [0.5, 0.6) is 0 Å². The van der Waals surface area contributed by atoms with Crippen molar-refractivity contribution in [3.63, 3.8) is 0 Å². The number of para-hydroxylation sites is 1. The minimum Gasteiger partial charge on any atom is -0.393 e. The third kappa shape index (κ3) is 2.74. The van der Waals surface area contributed by atoms with Gasteiger partial charge in [0.05, 0.1) is 4.99 Å². The molecule has 0 aromatic heterocycles. The lowest BCUT2D eigenvalue weighted by Crippen LogP contribution is -2.35. The van der Waals surface area contributed by atoms with E-state index in [2.05, 4.69) is 13.0 Å². The average molecular weight is 310 g/mol. The number of nitrogens with zero attached hydrogens (tertiary/aromatic N) is 1. The maximum absolute atomic E-state index is 12.9. The number of anilines is 1. The topological polar surface area (TPSA) is 46.3 Å². The fraction of sp³-hybridized carbons (Fsp3) is 0.222. The van der Waals surface area contributed by atoms with Crippen molar-refractivity contribution in [1.29, 1.82) is 0 Å². The molecule has 2 aromatic carbocycles. The number of amides is 1. The molecular weight excluding hydrogens is 292 g/mol. The Bertz CT molecular complexity index is 741. The minimum atomic E-state index is 0.0299. The van der Waals surface area contributed by atoms with E-state index in [9.17, 15) is 4.79 Å². The summed E-state index contributed by atoms with van der Waals surface area (Å²) >= 11 is 4.95. The van der Waals surface area contributed by atoms with Crippen LogP contribution in [0.15, 0.2) is 48.5 Å². The van der Waals surface area contributed by atoms with Gasteiger partial charge in [0, 0.05) is 23.7 Å². The fourth-order valence-electron chi connectivity index (χ4n) is 3.03. The normalized spacial score (nSPS) is 16.4. The van der Waals surface area contributed by atoms with Gasteiger partial charge in [-0.05, 0) is 42.7 Å². The summed E-state index contributed by atoms with van der Waals surface area (Å²) in [6, 6.07) is 15.8. The highest BCUT2D eigenvalue weighted by Gasteiger charge is 2.31. The maximum Gasteiger partial charge on any atom is 0.258 e. The van der Waals surface area contributed by atoms with Gasteiger partial charge in [0.25, 0.3) is 5.91 Å². The molecule has 1 aliphatic rings. The molecule has 1 aliphatic heterocycles. The van der Waals surface area contributed by atoms with Crippen molar-refractivity contribution < 1.29 is 4.79 Å². The number of nitrogens with two attached hydrogens (primary N) is 1. The number of rotatable bonds is 3. The first-order chi connectivity index (χ1) is 10.6. The number of thiocarbonyl (C=S) groups is 1. The first-order valence-electron chi connectivity index (χ1n) is 7.35. The first kappa shape index (κ1) is 14.7. The Morgan fingerprint density at radius 1 is 1.27 bits per heavy atom. The summed E-state index contributed by atoms with van der Waals surface area (Å²) in [5, 5.41) is 0. The standard InChI is InChI=1S/C18H18N2OS/c1-12-9-14-6-2-3-8-16(14)20(12)18(21)15-7-4-5-13(10-15)11-17(19)22/h2-8,10,12H,9,11H2,1H3,(H2,19,22). The van der Waals surface area contributed by atoms with E-state index in [0.29, 0.717) is 17.0 Å². The van der Waals surface area contributed by atoms with E-state index in [1.165, 1.54) is 5.56 Å². The Balaban J connectivity index is 1.93. The zero-order valence-corrected chi connectivity index (χ0v) is 13.3. The molecule has 3 rings (SSSR count). The van der Waals surface area contributed by atoms with Gasteiger partial charge in [0.15, 0.2) is 0 Å². The summed E-state index contributed by atoms with van der Waals surface area (Å²) in [5.41, 5.74) is 9.48. The predicted octanol–water partition coefficient (Wildman–Crippen LogP) is 3.11. The molecule has 2 aromatic rings. The molecule has 1 atom stereocenters. The van der Waals surface area contributed by atoms with Gasteiger partial charge in [-0.25, -0.2) is 0 Å². The largest absolute Gasteiger partial charge is 0.393 e. The molecule has 0 saturated carbocycles. The molecule has 1 amide bonds. The van der Waals surface area contributed by atoms with Crippen LogP contribution in [0.4, 0.5) is 5.69 Å². The lowest BCUT2D eigenvalue weighted by atomic mass is 10.1. The zero-order valence-electron chi connectivity index (χ0n) is 12.5. The van der Waals surface area contributed by atoms with Gasteiger partial charge in [-0.2, -0.15) is 0 Å². The molecule has 2 N–H and O–H groups in total. The van der Waals surface area contributed by atoms with Crippen LogP contribution in [0.2, 0.25) is 0 Å². The third-order valence-electron chi connectivity index (χ3n) is 3.98. The third-order valence-corrected chi connectivity index (χ3v) is 4.12. The molecule has 112 valence electrons. The highest BCUT2D eigenvalue weighted by molar-refractivity contribution is 7.80. The van der Waals surface area contributed by atoms with Crippen molar-refractivity contribution in [2.24, 2.45) is 5.73 Å². The second-order valence-electron chi connectivity index (χ2n) is 5.70. The molecule has 1 unspecified atom stereocenters. The molecule has 0 spiro atoms. The van der Waals surface area contributed by atoms with Gasteiger partial charge in [-0.15, -0.1) is 0 Å². The number of hydrogen-bond acceptors (Lipinski definition) is 2. The van der Waals surface area contributed by atoms with E-state index in [1.54, 1.807) is 0 Å². The number of hydrogen-bond donors (Lipinski definition) is 1. The number of benzene rings is 2. The van der Waals surface area contributed by atoms with Crippen molar-refractivity contribution in [2.75, 3.05) is 4.90 Å². The molecule has 4 heteroatoms. The molecule has 0 aliphatic carbocycles. The number of carbonyl (C=O) groups excluding carboxylic acids is 1. The number of fused-ring (bicyclic) bond motifs is 1. The van der Waals surface area contributed by atoms with Gasteiger partial charge in [0.2, 0.25) is 0 Å². The van der Waals surface area contributed by atoms with Crippen LogP contribution in [0.1, 0.15) is 28.4 Å². The Kier molecular flexibility index (Phi) is 3.94. The van der Waals surface area contributed by atoms with Crippen LogP contribution >= 0.6 is 12.2 Å².